The zero-order chi connectivity index (χ0) is 16.1. The van der Waals surface area contributed by atoms with Gasteiger partial charge in [0.2, 0.25) is 0 Å². The van der Waals surface area contributed by atoms with Crippen LogP contribution in [0.15, 0.2) is 48.7 Å². The van der Waals surface area contributed by atoms with Crippen LogP contribution in [0.2, 0.25) is 0 Å². The maximum absolute atomic E-state index is 12.0. The van der Waals surface area contributed by atoms with Crippen LogP contribution >= 0.6 is 0 Å². The lowest BCUT2D eigenvalue weighted by Gasteiger charge is -2.05. The summed E-state index contributed by atoms with van der Waals surface area (Å²) >= 11 is 0. The van der Waals surface area contributed by atoms with Crippen LogP contribution in [0.4, 0.5) is 0 Å². The van der Waals surface area contributed by atoms with Crippen LogP contribution in [0.1, 0.15) is 28.2 Å². The van der Waals surface area contributed by atoms with Crippen molar-refractivity contribution in [1.82, 2.24) is 19.9 Å². The van der Waals surface area contributed by atoms with Gasteiger partial charge in [-0.25, -0.2) is 0 Å². The zero-order valence-corrected chi connectivity index (χ0v) is 12.4. The number of fused-ring (bicyclic) bond motifs is 1. The molecule has 0 radical (unpaired) electrons. The summed E-state index contributed by atoms with van der Waals surface area (Å²) in [5.41, 5.74) is 1.92. The van der Waals surface area contributed by atoms with Crippen molar-refractivity contribution < 1.29 is 4.79 Å². The number of nitrogens with zero attached hydrogens (tertiary/aromatic N) is 4. The fraction of sp³-hybridized carbons (Fsp3) is 0.176. The number of pyridine rings is 1. The van der Waals surface area contributed by atoms with Gasteiger partial charge in [0.15, 0.2) is 5.65 Å². The SMILES string of the molecule is N#Cc1ccc(C(=O)NCCCc2nnc3ccccn23)cc1. The summed E-state index contributed by atoms with van der Waals surface area (Å²) in [6, 6.07) is 14.4. The van der Waals surface area contributed by atoms with Crippen molar-refractivity contribution in [2.24, 2.45) is 0 Å². The Kier molecular flexibility index (Phi) is 4.29. The topological polar surface area (TPSA) is 83.1 Å². The fourth-order valence-corrected chi connectivity index (χ4v) is 2.31. The molecule has 0 aliphatic carbocycles. The Morgan fingerprint density at radius 3 is 2.78 bits per heavy atom. The lowest BCUT2D eigenvalue weighted by molar-refractivity contribution is 0.0953. The number of hydrogen-bond acceptors (Lipinski definition) is 4. The molecule has 23 heavy (non-hydrogen) atoms. The highest BCUT2D eigenvalue weighted by Gasteiger charge is 2.06. The highest BCUT2D eigenvalue weighted by Crippen LogP contribution is 2.05. The molecule has 2 heterocycles. The van der Waals surface area contributed by atoms with Gasteiger partial charge in [0.25, 0.3) is 5.91 Å². The molecule has 114 valence electrons. The number of amides is 1. The number of hydrogen-bond donors (Lipinski definition) is 1. The average Bonchev–Trinajstić information content (AvgIpc) is 3.02. The van der Waals surface area contributed by atoms with Gasteiger partial charge >= 0.3 is 0 Å². The lowest BCUT2D eigenvalue weighted by atomic mass is 10.1. The third kappa shape index (κ3) is 3.35. The van der Waals surface area contributed by atoms with Crippen LogP contribution in [0.5, 0.6) is 0 Å². The van der Waals surface area contributed by atoms with Gasteiger partial charge in [-0.3, -0.25) is 9.20 Å². The van der Waals surface area contributed by atoms with E-state index in [9.17, 15) is 4.79 Å². The molecule has 0 saturated heterocycles. The molecule has 3 aromatic rings. The number of carbonyl (C=O) groups excluding carboxylic acids is 1. The first-order chi connectivity index (χ1) is 11.3. The minimum Gasteiger partial charge on any atom is -0.352 e. The van der Waals surface area contributed by atoms with E-state index in [1.165, 1.54) is 0 Å². The molecule has 1 N–H and O–H groups in total. The molecule has 1 amide bonds. The number of nitrogens with one attached hydrogen (secondary N) is 1. The van der Waals surface area contributed by atoms with E-state index >= 15 is 0 Å². The molecule has 2 aromatic heterocycles. The number of aryl methyl sites for hydroxylation is 1. The third-order valence-electron chi connectivity index (χ3n) is 3.52. The number of nitriles is 1. The molecular weight excluding hydrogens is 290 g/mol. The molecule has 0 aliphatic rings. The van der Waals surface area contributed by atoms with Crippen LogP contribution < -0.4 is 5.32 Å². The van der Waals surface area contributed by atoms with E-state index < -0.39 is 0 Å². The number of rotatable bonds is 5. The van der Waals surface area contributed by atoms with E-state index in [1.54, 1.807) is 24.3 Å². The first-order valence-corrected chi connectivity index (χ1v) is 7.35. The standard InChI is InChI=1S/C17H15N5O/c18-12-13-6-8-14(9-7-13)17(23)19-10-3-5-16-21-20-15-4-1-2-11-22(15)16/h1-2,4,6-9,11H,3,5,10H2,(H,19,23). The van der Waals surface area contributed by atoms with E-state index in [1.807, 2.05) is 34.9 Å². The molecule has 3 rings (SSSR count). The van der Waals surface area contributed by atoms with Crippen molar-refractivity contribution in [3.05, 3.63) is 65.6 Å². The molecule has 6 nitrogen and oxygen atoms in total. The van der Waals surface area contributed by atoms with Crippen LogP contribution in [0.25, 0.3) is 5.65 Å². The maximum atomic E-state index is 12.0. The van der Waals surface area contributed by atoms with Crippen LogP contribution in [0, 0.1) is 11.3 Å². The number of carbonyl (C=O) groups is 1. The van der Waals surface area contributed by atoms with E-state index in [2.05, 4.69) is 15.5 Å². The van der Waals surface area contributed by atoms with Gasteiger partial charge in [-0.1, -0.05) is 6.07 Å². The van der Waals surface area contributed by atoms with E-state index in [0.717, 1.165) is 24.3 Å². The monoisotopic (exact) mass is 305 g/mol. The summed E-state index contributed by atoms with van der Waals surface area (Å²) in [4.78, 5) is 12.0. The lowest BCUT2D eigenvalue weighted by Crippen LogP contribution is -2.24. The van der Waals surface area contributed by atoms with Crippen molar-refractivity contribution in [3.63, 3.8) is 0 Å². The minimum atomic E-state index is -0.138. The van der Waals surface area contributed by atoms with E-state index in [4.69, 9.17) is 5.26 Å². The van der Waals surface area contributed by atoms with Crippen molar-refractivity contribution in [1.29, 1.82) is 5.26 Å². The summed E-state index contributed by atoms with van der Waals surface area (Å²) in [5, 5.41) is 19.9. The molecule has 1 aromatic carbocycles. The summed E-state index contributed by atoms with van der Waals surface area (Å²) < 4.78 is 1.95. The van der Waals surface area contributed by atoms with Gasteiger partial charge in [-0.05, 0) is 42.8 Å². The molecule has 0 aliphatic heterocycles. The maximum Gasteiger partial charge on any atom is 0.251 e. The van der Waals surface area contributed by atoms with Gasteiger partial charge in [0.1, 0.15) is 5.82 Å². The Morgan fingerprint density at radius 1 is 1.17 bits per heavy atom. The second-order valence-electron chi connectivity index (χ2n) is 5.09. The van der Waals surface area contributed by atoms with E-state index in [-0.39, 0.29) is 5.91 Å². The Labute approximate surface area is 133 Å². The van der Waals surface area contributed by atoms with Gasteiger partial charge in [-0.15, -0.1) is 10.2 Å². The largest absolute Gasteiger partial charge is 0.352 e. The second-order valence-corrected chi connectivity index (χ2v) is 5.09. The Bertz CT molecular complexity index is 861. The highest BCUT2D eigenvalue weighted by atomic mass is 16.1. The van der Waals surface area contributed by atoms with Gasteiger partial charge in [0.05, 0.1) is 11.6 Å². The second kappa shape index (κ2) is 6.71. The summed E-state index contributed by atoms with van der Waals surface area (Å²) in [6.07, 6.45) is 3.44. The van der Waals surface area contributed by atoms with E-state index in [0.29, 0.717) is 17.7 Å². The molecule has 0 saturated carbocycles. The molecule has 0 bridgehead atoms. The average molecular weight is 305 g/mol. The van der Waals surface area contributed by atoms with Gasteiger partial charge < -0.3 is 5.32 Å². The first kappa shape index (κ1) is 14.7. The Hall–Kier alpha value is -3.20. The Balaban J connectivity index is 1.51. The first-order valence-electron chi connectivity index (χ1n) is 7.35. The normalized spacial score (nSPS) is 10.4. The van der Waals surface area contributed by atoms with Crippen LogP contribution in [0.3, 0.4) is 0 Å². The smallest absolute Gasteiger partial charge is 0.251 e. The quantitative estimate of drug-likeness (QED) is 0.730. The molecule has 0 spiro atoms. The Morgan fingerprint density at radius 2 is 2.00 bits per heavy atom. The highest BCUT2D eigenvalue weighted by molar-refractivity contribution is 5.94. The predicted octanol–water partition coefficient (Wildman–Crippen LogP) is 1.96. The van der Waals surface area contributed by atoms with Crippen LogP contribution in [-0.4, -0.2) is 27.0 Å². The van der Waals surface area contributed by atoms with Crippen LogP contribution in [-0.2, 0) is 6.42 Å². The fourth-order valence-electron chi connectivity index (χ4n) is 2.31. The van der Waals surface area contributed by atoms with Gasteiger partial charge in [0, 0.05) is 24.7 Å². The molecule has 0 unspecified atom stereocenters. The summed E-state index contributed by atoms with van der Waals surface area (Å²) in [5.74, 6) is 0.744. The molecule has 0 fully saturated rings. The number of benzene rings is 1. The minimum absolute atomic E-state index is 0.138. The number of aromatic nitrogens is 3. The van der Waals surface area contributed by atoms with Gasteiger partial charge in [-0.2, -0.15) is 5.26 Å². The molecular formula is C17H15N5O. The summed E-state index contributed by atoms with van der Waals surface area (Å²) in [6.45, 7) is 0.556. The molecule has 0 atom stereocenters. The van der Waals surface area contributed by atoms with Crippen molar-refractivity contribution >= 4 is 11.6 Å². The van der Waals surface area contributed by atoms with Crippen molar-refractivity contribution in [3.8, 4) is 6.07 Å². The van der Waals surface area contributed by atoms with Crippen molar-refractivity contribution in [2.75, 3.05) is 6.54 Å². The summed E-state index contributed by atoms with van der Waals surface area (Å²) in [7, 11) is 0. The predicted molar refractivity (Wildman–Crippen MR) is 84.8 cm³/mol. The zero-order valence-electron chi connectivity index (χ0n) is 12.4. The molecule has 6 heteroatoms. The third-order valence-corrected chi connectivity index (χ3v) is 3.52. The van der Waals surface area contributed by atoms with Crippen molar-refractivity contribution in [2.45, 2.75) is 12.8 Å².